The van der Waals surface area contributed by atoms with E-state index in [1.54, 1.807) is 0 Å². The summed E-state index contributed by atoms with van der Waals surface area (Å²) in [6.45, 7) is 6.25. The molecular weight excluding hydrogens is 362 g/mol. The molecule has 0 saturated carbocycles. The minimum atomic E-state index is -0.704. The summed E-state index contributed by atoms with van der Waals surface area (Å²) < 4.78 is 32.9. The summed E-state index contributed by atoms with van der Waals surface area (Å²) in [4.78, 5) is 14.4. The highest BCUT2D eigenvalue weighted by Crippen LogP contribution is 2.23. The number of anilines is 1. The minimum Gasteiger partial charge on any atom is -0.375 e. The van der Waals surface area contributed by atoms with Crippen molar-refractivity contribution in [3.63, 3.8) is 0 Å². The number of hydrogen-bond acceptors (Lipinski definition) is 3. The Balaban J connectivity index is 1.66. The van der Waals surface area contributed by atoms with Crippen LogP contribution in [-0.2, 0) is 9.53 Å². The van der Waals surface area contributed by atoms with Gasteiger partial charge in [-0.25, -0.2) is 8.78 Å². The summed E-state index contributed by atoms with van der Waals surface area (Å²) in [5, 5.41) is 2.83. The predicted octanol–water partition coefficient (Wildman–Crippen LogP) is 4.08. The molecule has 0 bridgehead atoms. The quantitative estimate of drug-likeness (QED) is 0.788. The van der Waals surface area contributed by atoms with Gasteiger partial charge in [0.15, 0.2) is 0 Å². The van der Waals surface area contributed by atoms with Gasteiger partial charge in [-0.05, 0) is 49.8 Å². The summed E-state index contributed by atoms with van der Waals surface area (Å²) in [6.07, 6.45) is 2.47. The third-order valence-electron chi connectivity index (χ3n) is 4.74. The Labute approximate surface area is 163 Å². The lowest BCUT2D eigenvalue weighted by Crippen LogP contribution is -2.41. The molecule has 6 heteroatoms. The first-order valence-corrected chi connectivity index (χ1v) is 9.33. The van der Waals surface area contributed by atoms with Gasteiger partial charge < -0.3 is 15.0 Å². The molecule has 1 aliphatic rings. The zero-order valence-corrected chi connectivity index (χ0v) is 16.0. The zero-order chi connectivity index (χ0) is 20.1. The van der Waals surface area contributed by atoms with Crippen LogP contribution >= 0.6 is 0 Å². The van der Waals surface area contributed by atoms with Crippen molar-refractivity contribution in [2.45, 2.75) is 26.0 Å². The lowest BCUT2D eigenvalue weighted by molar-refractivity contribution is -0.117. The number of halogens is 2. The first-order valence-electron chi connectivity index (χ1n) is 9.33. The van der Waals surface area contributed by atoms with Crippen LogP contribution in [0.5, 0.6) is 0 Å². The van der Waals surface area contributed by atoms with Crippen LogP contribution in [0.2, 0.25) is 0 Å². The van der Waals surface area contributed by atoms with Gasteiger partial charge in [0.1, 0.15) is 11.6 Å². The highest BCUT2D eigenvalue weighted by molar-refractivity contribution is 5.92. The third-order valence-corrected chi connectivity index (χ3v) is 4.74. The van der Waals surface area contributed by atoms with Gasteiger partial charge in [-0.15, -0.1) is 0 Å². The largest absolute Gasteiger partial charge is 0.375 e. The van der Waals surface area contributed by atoms with Crippen LogP contribution in [0.3, 0.4) is 0 Å². The highest BCUT2D eigenvalue weighted by Gasteiger charge is 2.18. The second-order valence-corrected chi connectivity index (χ2v) is 6.92. The van der Waals surface area contributed by atoms with Gasteiger partial charge in [0.2, 0.25) is 5.91 Å². The van der Waals surface area contributed by atoms with Crippen LogP contribution in [0.25, 0.3) is 6.08 Å². The molecule has 2 atom stereocenters. The Kier molecular flexibility index (Phi) is 6.41. The number of nitrogens with zero attached hydrogens (tertiary/aromatic N) is 1. The van der Waals surface area contributed by atoms with Crippen molar-refractivity contribution < 1.29 is 18.3 Å². The van der Waals surface area contributed by atoms with Crippen molar-refractivity contribution in [1.82, 2.24) is 5.32 Å². The van der Waals surface area contributed by atoms with Crippen LogP contribution in [-0.4, -0.2) is 31.7 Å². The van der Waals surface area contributed by atoms with Crippen molar-refractivity contribution in [3.8, 4) is 0 Å². The van der Waals surface area contributed by atoms with Crippen molar-refractivity contribution in [3.05, 3.63) is 71.3 Å². The third kappa shape index (κ3) is 4.95. The number of carbonyl (C=O) groups excluding carboxylic acids is 1. The van der Waals surface area contributed by atoms with E-state index >= 15 is 0 Å². The van der Waals surface area contributed by atoms with Crippen molar-refractivity contribution in [2.75, 3.05) is 24.6 Å². The van der Waals surface area contributed by atoms with Crippen LogP contribution in [0.4, 0.5) is 14.5 Å². The smallest absolute Gasteiger partial charge is 0.244 e. The number of benzene rings is 2. The fourth-order valence-corrected chi connectivity index (χ4v) is 3.22. The number of amides is 1. The Hall–Kier alpha value is -2.73. The first kappa shape index (κ1) is 20.0. The number of ether oxygens (including phenoxy) is 1. The van der Waals surface area contributed by atoms with Crippen LogP contribution < -0.4 is 10.2 Å². The molecule has 1 unspecified atom stereocenters. The Morgan fingerprint density at radius 1 is 1.25 bits per heavy atom. The van der Waals surface area contributed by atoms with Gasteiger partial charge >= 0.3 is 0 Å². The SMILES string of the molecule is CC(NC(=O)C=Cc1c(F)cccc1F)c1cccc(N2CCO[C@@H](C)C2)c1. The van der Waals surface area contributed by atoms with Gasteiger partial charge in [0.25, 0.3) is 0 Å². The second kappa shape index (κ2) is 8.97. The fraction of sp³-hybridized carbons (Fsp3) is 0.318. The molecule has 28 heavy (non-hydrogen) atoms. The Morgan fingerprint density at radius 3 is 2.68 bits per heavy atom. The monoisotopic (exact) mass is 386 g/mol. The molecule has 1 heterocycles. The molecule has 1 N–H and O–H groups in total. The summed E-state index contributed by atoms with van der Waals surface area (Å²) >= 11 is 0. The first-order chi connectivity index (χ1) is 13.4. The maximum Gasteiger partial charge on any atom is 0.244 e. The Bertz CT molecular complexity index is 849. The average Bonchev–Trinajstić information content (AvgIpc) is 2.67. The van der Waals surface area contributed by atoms with E-state index in [-0.39, 0.29) is 17.7 Å². The molecule has 1 amide bonds. The lowest BCUT2D eigenvalue weighted by Gasteiger charge is -2.33. The molecule has 0 spiro atoms. The molecule has 4 nitrogen and oxygen atoms in total. The van der Waals surface area contributed by atoms with E-state index in [2.05, 4.69) is 10.2 Å². The molecule has 0 aliphatic carbocycles. The minimum absolute atomic E-state index is 0.179. The molecule has 0 aromatic heterocycles. The lowest BCUT2D eigenvalue weighted by atomic mass is 10.1. The van der Waals surface area contributed by atoms with Gasteiger partial charge in [-0.3, -0.25) is 4.79 Å². The number of morpholine rings is 1. The molecule has 1 aliphatic heterocycles. The summed E-state index contributed by atoms with van der Waals surface area (Å²) in [7, 11) is 0. The number of hydrogen-bond donors (Lipinski definition) is 1. The van der Waals surface area contributed by atoms with E-state index in [0.717, 1.165) is 48.6 Å². The summed E-state index contributed by atoms with van der Waals surface area (Å²) in [5.74, 6) is -1.82. The van der Waals surface area contributed by atoms with Gasteiger partial charge in [-0.1, -0.05) is 18.2 Å². The maximum absolute atomic E-state index is 13.6. The maximum atomic E-state index is 13.6. The van der Waals surface area contributed by atoms with Crippen molar-refractivity contribution >= 4 is 17.7 Å². The molecular formula is C22H24F2N2O2. The molecule has 148 valence electrons. The highest BCUT2D eigenvalue weighted by atomic mass is 19.1. The second-order valence-electron chi connectivity index (χ2n) is 6.92. The van der Waals surface area contributed by atoms with E-state index in [4.69, 9.17) is 4.74 Å². The van der Waals surface area contributed by atoms with Crippen LogP contribution in [0.1, 0.15) is 31.0 Å². The topological polar surface area (TPSA) is 41.6 Å². The molecule has 3 rings (SSSR count). The predicted molar refractivity (Wildman–Crippen MR) is 106 cm³/mol. The standard InChI is InChI=1S/C22H24F2N2O2/c1-15-14-26(11-12-28-15)18-6-3-5-17(13-18)16(2)25-22(27)10-9-19-20(23)7-4-8-21(19)24/h3-10,13,15-16H,11-12,14H2,1-2H3,(H,25,27)/t15-,16?/m0/s1. The molecule has 0 radical (unpaired) electrons. The number of rotatable bonds is 5. The normalized spacial score (nSPS) is 18.3. The molecule has 1 fully saturated rings. The molecule has 2 aromatic carbocycles. The van der Waals surface area contributed by atoms with Crippen LogP contribution in [0, 0.1) is 11.6 Å². The van der Waals surface area contributed by atoms with Gasteiger partial charge in [0.05, 0.1) is 18.8 Å². The fourth-order valence-electron chi connectivity index (χ4n) is 3.22. The zero-order valence-electron chi connectivity index (χ0n) is 16.0. The average molecular weight is 386 g/mol. The van der Waals surface area contributed by atoms with Gasteiger partial charge in [0, 0.05) is 30.4 Å². The number of carbonyl (C=O) groups is 1. The molecule has 2 aromatic rings. The summed E-state index contributed by atoms with van der Waals surface area (Å²) in [5.41, 5.74) is 1.81. The summed E-state index contributed by atoms with van der Waals surface area (Å²) in [6, 6.07) is 11.3. The van der Waals surface area contributed by atoms with E-state index in [0.29, 0.717) is 6.61 Å². The number of nitrogens with one attached hydrogen (secondary N) is 1. The van der Waals surface area contributed by atoms with Crippen molar-refractivity contribution in [2.24, 2.45) is 0 Å². The van der Waals surface area contributed by atoms with Crippen LogP contribution in [0.15, 0.2) is 48.5 Å². The van der Waals surface area contributed by atoms with Crippen molar-refractivity contribution in [1.29, 1.82) is 0 Å². The van der Waals surface area contributed by atoms with E-state index in [1.165, 1.54) is 6.07 Å². The van der Waals surface area contributed by atoms with E-state index in [9.17, 15) is 13.6 Å². The van der Waals surface area contributed by atoms with E-state index in [1.807, 2.05) is 38.1 Å². The Morgan fingerprint density at radius 2 is 1.96 bits per heavy atom. The molecule has 1 saturated heterocycles. The van der Waals surface area contributed by atoms with Gasteiger partial charge in [-0.2, -0.15) is 0 Å². The van der Waals surface area contributed by atoms with E-state index < -0.39 is 17.5 Å².